The van der Waals surface area contributed by atoms with Gasteiger partial charge >= 0.3 is 6.03 Å². The fraction of sp³-hybridized carbons (Fsp3) is 0.0667. The zero-order valence-corrected chi connectivity index (χ0v) is 12.4. The Morgan fingerprint density at radius 1 is 1.14 bits per heavy atom. The highest BCUT2D eigenvalue weighted by Gasteiger charge is 2.38. The highest BCUT2D eigenvalue weighted by Crippen LogP contribution is 2.32. The third-order valence-electron chi connectivity index (χ3n) is 3.51. The van der Waals surface area contributed by atoms with Gasteiger partial charge in [0.05, 0.1) is 23.8 Å². The van der Waals surface area contributed by atoms with Gasteiger partial charge in [0.1, 0.15) is 5.75 Å². The molecule has 0 aliphatic carbocycles. The second kappa shape index (κ2) is 4.67. The molecule has 0 radical (unpaired) electrons. The van der Waals surface area contributed by atoms with E-state index in [-0.39, 0.29) is 11.2 Å². The summed E-state index contributed by atoms with van der Waals surface area (Å²) in [6.07, 6.45) is 0. The summed E-state index contributed by atoms with van der Waals surface area (Å²) in [5, 5.41) is 0.233. The first-order valence-corrected chi connectivity index (χ1v) is 7.69. The second-order valence-corrected chi connectivity index (χ2v) is 5.97. The molecule has 2 heterocycles. The monoisotopic (exact) mass is 313 g/mol. The molecule has 1 amide bonds. The minimum Gasteiger partial charge on any atom is -0.497 e. The van der Waals surface area contributed by atoms with Gasteiger partial charge in [0.25, 0.3) is 0 Å². The summed E-state index contributed by atoms with van der Waals surface area (Å²) >= 11 is 0. The predicted octanol–water partition coefficient (Wildman–Crippen LogP) is 2.56. The molecule has 1 aromatic heterocycles. The molecule has 110 valence electrons. The van der Waals surface area contributed by atoms with Crippen molar-refractivity contribution in [2.24, 2.45) is 0 Å². The largest absolute Gasteiger partial charge is 0.497 e. The molecular weight excluding hydrogens is 302 g/mol. The van der Waals surface area contributed by atoms with Crippen LogP contribution in [0, 0.1) is 0 Å². The van der Waals surface area contributed by atoms with Gasteiger partial charge in [-0.3, -0.25) is 0 Å². The molecule has 0 saturated heterocycles. The van der Waals surface area contributed by atoms with E-state index in [0.717, 1.165) is 0 Å². The van der Waals surface area contributed by atoms with Crippen LogP contribution >= 0.6 is 0 Å². The summed E-state index contributed by atoms with van der Waals surface area (Å²) in [7, 11) is -0.102. The fourth-order valence-electron chi connectivity index (χ4n) is 2.48. The van der Waals surface area contributed by atoms with E-state index in [1.807, 2.05) is 6.07 Å². The highest BCUT2D eigenvalue weighted by molar-refractivity contribution is 7.87. The molecular formula is C15H11N3O3S. The molecule has 4 rings (SSSR count). The first-order chi connectivity index (χ1) is 10.7. The van der Waals surface area contributed by atoms with E-state index >= 15 is 0 Å². The van der Waals surface area contributed by atoms with Crippen molar-refractivity contribution in [3.05, 3.63) is 48.5 Å². The minimum absolute atomic E-state index is 0.233. The lowest BCUT2D eigenvalue weighted by atomic mass is 10.3. The van der Waals surface area contributed by atoms with Crippen LogP contribution in [0.2, 0.25) is 0 Å². The van der Waals surface area contributed by atoms with E-state index in [1.165, 1.54) is 8.87 Å². The van der Waals surface area contributed by atoms with E-state index in [4.69, 9.17) is 4.74 Å². The van der Waals surface area contributed by atoms with Gasteiger partial charge in [0, 0.05) is 6.07 Å². The van der Waals surface area contributed by atoms with Gasteiger partial charge in [0.15, 0.2) is 11.0 Å². The van der Waals surface area contributed by atoms with Crippen LogP contribution in [0.5, 0.6) is 5.75 Å². The van der Waals surface area contributed by atoms with Gasteiger partial charge in [-0.25, -0.2) is 22.9 Å². The predicted molar refractivity (Wildman–Crippen MR) is 82.4 cm³/mol. The number of fused-ring (bicyclic) bond motifs is 3. The van der Waals surface area contributed by atoms with Crippen molar-refractivity contribution in [2.75, 3.05) is 11.4 Å². The SMILES string of the molecule is COc1ccc2c(c1)nc1n2C(=O)N(c2ccccc2)S1=O. The number of para-hydroxylation sites is 1. The number of rotatable bonds is 2. The van der Waals surface area contributed by atoms with Gasteiger partial charge in [0.2, 0.25) is 5.16 Å². The van der Waals surface area contributed by atoms with Crippen molar-refractivity contribution in [1.82, 2.24) is 9.55 Å². The van der Waals surface area contributed by atoms with Gasteiger partial charge in [-0.05, 0) is 24.3 Å². The van der Waals surface area contributed by atoms with Crippen molar-refractivity contribution < 1.29 is 13.7 Å². The Bertz CT molecular complexity index is 920. The Kier molecular flexibility index (Phi) is 2.77. The number of carbonyl (C=O) groups excluding carboxylic acids is 1. The molecule has 0 bridgehead atoms. The molecule has 3 aromatic rings. The third-order valence-corrected chi connectivity index (χ3v) is 4.79. The van der Waals surface area contributed by atoms with Crippen LogP contribution in [0.4, 0.5) is 10.5 Å². The van der Waals surface area contributed by atoms with Crippen LogP contribution in [0.3, 0.4) is 0 Å². The summed E-state index contributed by atoms with van der Waals surface area (Å²) in [5.74, 6) is 0.641. The molecule has 1 atom stereocenters. The van der Waals surface area contributed by atoms with Gasteiger partial charge < -0.3 is 4.74 Å². The average molecular weight is 313 g/mol. The van der Waals surface area contributed by atoms with E-state index in [0.29, 0.717) is 22.5 Å². The van der Waals surface area contributed by atoms with Crippen molar-refractivity contribution in [2.45, 2.75) is 5.16 Å². The van der Waals surface area contributed by atoms with Crippen LogP contribution < -0.4 is 9.04 Å². The number of amides is 1. The van der Waals surface area contributed by atoms with E-state index in [1.54, 1.807) is 49.6 Å². The molecule has 6 nitrogen and oxygen atoms in total. The Hall–Kier alpha value is -2.67. The standard InChI is InChI=1S/C15H11N3O3S/c1-21-11-7-8-13-12(9-11)16-14-17(13)15(19)18(22(14)20)10-5-3-2-4-6-10/h2-9H,1H3. The number of hydrogen-bond donors (Lipinski definition) is 0. The van der Waals surface area contributed by atoms with Crippen LogP contribution in [0.1, 0.15) is 0 Å². The van der Waals surface area contributed by atoms with Crippen LogP contribution in [-0.4, -0.2) is 26.9 Å². The molecule has 1 aliphatic rings. The number of aromatic nitrogens is 2. The Balaban J connectivity index is 1.89. The van der Waals surface area contributed by atoms with Gasteiger partial charge in [-0.2, -0.15) is 0 Å². The number of carbonyl (C=O) groups is 1. The Morgan fingerprint density at radius 3 is 2.64 bits per heavy atom. The lowest BCUT2D eigenvalue weighted by Gasteiger charge is -2.12. The summed E-state index contributed by atoms with van der Waals surface area (Å²) in [6.45, 7) is 0. The number of nitrogens with zero attached hydrogens (tertiary/aromatic N) is 3. The van der Waals surface area contributed by atoms with E-state index < -0.39 is 11.0 Å². The van der Waals surface area contributed by atoms with Crippen LogP contribution in [0.15, 0.2) is 53.7 Å². The molecule has 0 fully saturated rings. The molecule has 1 unspecified atom stereocenters. The fourth-order valence-corrected chi connectivity index (χ4v) is 3.69. The van der Waals surface area contributed by atoms with Gasteiger partial charge in [-0.1, -0.05) is 18.2 Å². The molecule has 0 spiro atoms. The number of hydrogen-bond acceptors (Lipinski definition) is 4. The summed E-state index contributed by atoms with van der Waals surface area (Å²) in [4.78, 5) is 17.0. The lowest BCUT2D eigenvalue weighted by Crippen LogP contribution is -2.27. The zero-order chi connectivity index (χ0) is 15.3. The number of anilines is 1. The lowest BCUT2D eigenvalue weighted by molar-refractivity contribution is 0.251. The summed E-state index contributed by atoms with van der Waals surface area (Å²) < 4.78 is 20.4. The average Bonchev–Trinajstić information content (AvgIpc) is 3.04. The Morgan fingerprint density at radius 2 is 1.91 bits per heavy atom. The van der Waals surface area contributed by atoms with Crippen molar-refractivity contribution >= 4 is 33.7 Å². The molecule has 0 N–H and O–H groups in total. The first kappa shape index (κ1) is 13.0. The molecule has 0 saturated carbocycles. The quantitative estimate of drug-likeness (QED) is 0.729. The van der Waals surface area contributed by atoms with Crippen molar-refractivity contribution in [1.29, 1.82) is 0 Å². The van der Waals surface area contributed by atoms with Crippen LogP contribution in [0.25, 0.3) is 11.0 Å². The topological polar surface area (TPSA) is 64.4 Å². The second-order valence-electron chi connectivity index (χ2n) is 4.75. The highest BCUT2D eigenvalue weighted by atomic mass is 32.2. The maximum absolute atomic E-state index is 12.7. The summed E-state index contributed by atoms with van der Waals surface area (Å²) in [6, 6.07) is 13.8. The molecule has 22 heavy (non-hydrogen) atoms. The van der Waals surface area contributed by atoms with Crippen LogP contribution in [-0.2, 0) is 11.0 Å². The maximum Gasteiger partial charge on any atom is 0.347 e. The molecule has 2 aromatic carbocycles. The summed E-state index contributed by atoms with van der Waals surface area (Å²) in [5.41, 5.74) is 1.79. The normalized spacial score (nSPS) is 17.0. The molecule has 7 heteroatoms. The number of ether oxygens (including phenoxy) is 1. The van der Waals surface area contributed by atoms with E-state index in [2.05, 4.69) is 4.98 Å². The van der Waals surface area contributed by atoms with Crippen molar-refractivity contribution in [3.63, 3.8) is 0 Å². The number of benzene rings is 2. The van der Waals surface area contributed by atoms with E-state index in [9.17, 15) is 9.00 Å². The minimum atomic E-state index is -1.66. The number of methoxy groups -OCH3 is 1. The van der Waals surface area contributed by atoms with Crippen molar-refractivity contribution in [3.8, 4) is 5.75 Å². The molecule has 1 aliphatic heterocycles. The van der Waals surface area contributed by atoms with Gasteiger partial charge in [-0.15, -0.1) is 0 Å². The zero-order valence-electron chi connectivity index (χ0n) is 11.6. The third kappa shape index (κ3) is 1.69. The first-order valence-electron chi connectivity index (χ1n) is 6.58. The maximum atomic E-state index is 12.7. The smallest absolute Gasteiger partial charge is 0.347 e. The Labute approximate surface area is 128 Å². The number of imidazole rings is 1.